The molecule has 0 radical (unpaired) electrons. The van der Waals surface area contributed by atoms with Gasteiger partial charge in [0.2, 0.25) is 0 Å². The van der Waals surface area contributed by atoms with E-state index in [4.69, 9.17) is 21.2 Å². The molecule has 0 saturated heterocycles. The molecule has 0 spiro atoms. The molecule has 1 N–H and O–H groups in total. The first kappa shape index (κ1) is 21.3. The van der Waals surface area contributed by atoms with Crippen LogP contribution in [0.15, 0.2) is 71.6 Å². The van der Waals surface area contributed by atoms with Gasteiger partial charge in [0.05, 0.1) is 18.2 Å². The van der Waals surface area contributed by atoms with Crippen LogP contribution in [0.4, 0.5) is 0 Å². The predicted octanol–water partition coefficient (Wildman–Crippen LogP) is 4.15. The standard InChI is InChI=1S/C22H19ClN2O5S/c1-25(29-2)31(27,28)20-13-14(11-12-17(20)23)22(26)24-21-15-7-3-5-9-18(15)30-19-10-6-4-8-16(19)21/h3-13,21H,1-2H3,(H,24,26). The first-order valence-electron chi connectivity index (χ1n) is 9.32. The molecule has 160 valence electrons. The summed E-state index contributed by atoms with van der Waals surface area (Å²) < 4.78 is 31.9. The summed E-state index contributed by atoms with van der Waals surface area (Å²) in [4.78, 5) is 17.7. The third kappa shape index (κ3) is 3.90. The van der Waals surface area contributed by atoms with Crippen molar-refractivity contribution in [2.24, 2.45) is 0 Å². The van der Waals surface area contributed by atoms with E-state index in [2.05, 4.69) is 5.32 Å². The Hall–Kier alpha value is -2.91. The number of benzene rings is 3. The van der Waals surface area contributed by atoms with Gasteiger partial charge in [-0.05, 0) is 30.3 Å². The number of ether oxygens (including phenoxy) is 1. The van der Waals surface area contributed by atoms with Crippen molar-refractivity contribution in [3.8, 4) is 11.5 Å². The van der Waals surface area contributed by atoms with Crippen molar-refractivity contribution in [2.45, 2.75) is 10.9 Å². The van der Waals surface area contributed by atoms with Crippen LogP contribution in [0.3, 0.4) is 0 Å². The number of fused-ring (bicyclic) bond motifs is 2. The molecular formula is C22H19ClN2O5S. The van der Waals surface area contributed by atoms with E-state index in [1.165, 1.54) is 32.4 Å². The van der Waals surface area contributed by atoms with Crippen molar-refractivity contribution >= 4 is 27.5 Å². The average Bonchev–Trinajstić information content (AvgIpc) is 2.78. The maximum absolute atomic E-state index is 13.1. The number of sulfonamides is 1. The molecule has 0 saturated carbocycles. The minimum atomic E-state index is -4.03. The summed E-state index contributed by atoms with van der Waals surface area (Å²) >= 11 is 6.10. The van der Waals surface area contributed by atoms with Gasteiger partial charge in [0.1, 0.15) is 16.4 Å². The van der Waals surface area contributed by atoms with Gasteiger partial charge in [0.15, 0.2) is 0 Å². The fourth-order valence-corrected chi connectivity index (χ4v) is 4.83. The van der Waals surface area contributed by atoms with E-state index in [0.717, 1.165) is 11.1 Å². The highest BCUT2D eigenvalue weighted by molar-refractivity contribution is 7.89. The summed E-state index contributed by atoms with van der Waals surface area (Å²) in [6.07, 6.45) is 0. The van der Waals surface area contributed by atoms with Gasteiger partial charge in [-0.2, -0.15) is 0 Å². The van der Waals surface area contributed by atoms with Gasteiger partial charge < -0.3 is 10.1 Å². The molecular weight excluding hydrogens is 440 g/mol. The van der Waals surface area contributed by atoms with Crippen LogP contribution in [0.1, 0.15) is 27.5 Å². The highest BCUT2D eigenvalue weighted by Crippen LogP contribution is 2.42. The normalized spacial score (nSPS) is 13.3. The molecule has 1 amide bonds. The second-order valence-electron chi connectivity index (χ2n) is 6.83. The zero-order valence-corrected chi connectivity index (χ0v) is 18.3. The van der Waals surface area contributed by atoms with Crippen LogP contribution in [-0.4, -0.2) is 33.0 Å². The molecule has 31 heavy (non-hydrogen) atoms. The molecule has 0 unspecified atom stereocenters. The third-order valence-electron chi connectivity index (χ3n) is 5.02. The third-order valence-corrected chi connectivity index (χ3v) is 7.18. The molecule has 1 aliphatic rings. The van der Waals surface area contributed by atoms with Crippen LogP contribution in [0.25, 0.3) is 0 Å². The number of nitrogens with zero attached hydrogens (tertiary/aromatic N) is 1. The molecule has 0 bridgehead atoms. The molecule has 0 atom stereocenters. The van der Waals surface area contributed by atoms with Crippen molar-refractivity contribution in [3.63, 3.8) is 0 Å². The Kier molecular flexibility index (Phi) is 5.72. The maximum Gasteiger partial charge on any atom is 0.266 e. The van der Waals surface area contributed by atoms with Crippen LogP contribution in [0, 0.1) is 0 Å². The average molecular weight is 459 g/mol. The van der Waals surface area contributed by atoms with Gasteiger partial charge >= 0.3 is 0 Å². The minimum absolute atomic E-state index is 0.0118. The van der Waals surface area contributed by atoms with E-state index in [9.17, 15) is 13.2 Å². The lowest BCUT2D eigenvalue weighted by Crippen LogP contribution is -2.31. The lowest BCUT2D eigenvalue weighted by Gasteiger charge is -2.29. The predicted molar refractivity (Wildman–Crippen MR) is 116 cm³/mol. The fraction of sp³-hybridized carbons (Fsp3) is 0.136. The Morgan fingerprint density at radius 2 is 1.61 bits per heavy atom. The number of nitrogens with one attached hydrogen (secondary N) is 1. The lowest BCUT2D eigenvalue weighted by atomic mass is 9.94. The molecule has 7 nitrogen and oxygen atoms in total. The summed E-state index contributed by atoms with van der Waals surface area (Å²) in [5, 5.41) is 2.98. The zero-order chi connectivity index (χ0) is 22.2. The van der Waals surface area contributed by atoms with Crippen LogP contribution in [-0.2, 0) is 14.9 Å². The molecule has 3 aromatic carbocycles. The molecule has 0 aromatic heterocycles. The Morgan fingerprint density at radius 3 is 2.19 bits per heavy atom. The fourth-order valence-electron chi connectivity index (χ4n) is 3.36. The first-order chi connectivity index (χ1) is 14.8. The molecule has 3 aromatic rings. The van der Waals surface area contributed by atoms with E-state index < -0.39 is 22.0 Å². The smallest absolute Gasteiger partial charge is 0.266 e. The number of carbonyl (C=O) groups is 1. The molecule has 4 rings (SSSR count). The van der Waals surface area contributed by atoms with Crippen molar-refractivity contribution in [2.75, 3.05) is 14.2 Å². The van der Waals surface area contributed by atoms with E-state index in [0.29, 0.717) is 16.0 Å². The summed E-state index contributed by atoms with van der Waals surface area (Å²) in [6, 6.07) is 18.5. The van der Waals surface area contributed by atoms with Crippen LogP contribution < -0.4 is 10.1 Å². The van der Waals surface area contributed by atoms with Crippen molar-refractivity contribution in [1.29, 1.82) is 0 Å². The second kappa shape index (κ2) is 8.32. The summed E-state index contributed by atoms with van der Waals surface area (Å²) in [5.41, 5.74) is 1.75. The Balaban J connectivity index is 1.71. The molecule has 0 aliphatic carbocycles. The number of hydrogen-bond donors (Lipinski definition) is 1. The van der Waals surface area contributed by atoms with Crippen molar-refractivity contribution in [3.05, 3.63) is 88.4 Å². The number of halogens is 1. The second-order valence-corrected chi connectivity index (χ2v) is 9.14. The molecule has 9 heteroatoms. The van der Waals surface area contributed by atoms with Crippen molar-refractivity contribution in [1.82, 2.24) is 9.79 Å². The van der Waals surface area contributed by atoms with E-state index in [-0.39, 0.29) is 15.5 Å². The zero-order valence-electron chi connectivity index (χ0n) is 16.7. The molecule has 0 fully saturated rings. The van der Waals surface area contributed by atoms with Crippen LogP contribution >= 0.6 is 11.6 Å². The van der Waals surface area contributed by atoms with Crippen molar-refractivity contribution < 1.29 is 22.8 Å². The van der Waals surface area contributed by atoms with Gasteiger partial charge in [0.25, 0.3) is 15.9 Å². The van der Waals surface area contributed by atoms with E-state index in [1.807, 2.05) is 48.5 Å². The van der Waals surface area contributed by atoms with E-state index >= 15 is 0 Å². The van der Waals surface area contributed by atoms with Crippen LogP contribution in [0.5, 0.6) is 11.5 Å². The van der Waals surface area contributed by atoms with Gasteiger partial charge in [-0.3, -0.25) is 9.63 Å². The Labute approximate surface area is 185 Å². The van der Waals surface area contributed by atoms with Crippen LogP contribution in [0.2, 0.25) is 5.02 Å². The number of rotatable bonds is 5. The molecule has 1 aliphatic heterocycles. The number of hydrogen-bond acceptors (Lipinski definition) is 5. The molecule has 1 heterocycles. The number of hydroxylamine groups is 1. The van der Waals surface area contributed by atoms with Gasteiger partial charge in [0, 0.05) is 23.7 Å². The summed E-state index contributed by atoms with van der Waals surface area (Å²) in [6.45, 7) is 0. The lowest BCUT2D eigenvalue weighted by molar-refractivity contribution is -0.0258. The monoisotopic (exact) mass is 458 g/mol. The Morgan fingerprint density at radius 1 is 1.03 bits per heavy atom. The highest BCUT2D eigenvalue weighted by atomic mass is 35.5. The van der Waals surface area contributed by atoms with Gasteiger partial charge in [-0.25, -0.2) is 8.42 Å². The van der Waals surface area contributed by atoms with Gasteiger partial charge in [-0.1, -0.05) is 52.5 Å². The van der Waals surface area contributed by atoms with Gasteiger partial charge in [-0.15, -0.1) is 0 Å². The summed E-state index contributed by atoms with van der Waals surface area (Å²) in [5.74, 6) is 0.838. The number of para-hydroxylation sites is 2. The maximum atomic E-state index is 13.1. The summed E-state index contributed by atoms with van der Waals surface area (Å²) in [7, 11) is -1.56. The number of amides is 1. The largest absolute Gasteiger partial charge is 0.457 e. The number of carbonyl (C=O) groups excluding carboxylic acids is 1. The quantitative estimate of drug-likeness (QED) is 0.580. The first-order valence-corrected chi connectivity index (χ1v) is 11.1. The SMILES string of the molecule is CON(C)S(=O)(=O)c1cc(C(=O)NC2c3ccccc3Oc3ccccc32)ccc1Cl. The Bertz CT molecular complexity index is 1220. The minimum Gasteiger partial charge on any atom is -0.457 e. The highest BCUT2D eigenvalue weighted by Gasteiger charge is 2.30. The van der Waals surface area contributed by atoms with E-state index in [1.54, 1.807) is 0 Å². The topological polar surface area (TPSA) is 84.9 Å².